The second-order valence-corrected chi connectivity index (χ2v) is 9.19. The highest BCUT2D eigenvalue weighted by atomic mass is 28.3. The Hall–Kier alpha value is -1.51. The average Bonchev–Trinajstić information content (AvgIpc) is 3.03. The van der Waals surface area contributed by atoms with E-state index in [2.05, 4.69) is 67.2 Å². The lowest BCUT2D eigenvalue weighted by atomic mass is 10.4. The van der Waals surface area contributed by atoms with Gasteiger partial charge in [-0.05, 0) is 16.9 Å². The van der Waals surface area contributed by atoms with Crippen LogP contribution in [0.2, 0.25) is 6.55 Å². The van der Waals surface area contributed by atoms with Gasteiger partial charge in [0, 0.05) is 6.42 Å². The maximum atomic E-state index is 6.01. The van der Waals surface area contributed by atoms with Crippen molar-refractivity contribution in [2.75, 3.05) is 6.61 Å². The molecule has 1 aliphatic heterocycles. The summed E-state index contributed by atoms with van der Waals surface area (Å²) >= 11 is 0. The summed E-state index contributed by atoms with van der Waals surface area (Å²) in [6.07, 6.45) is 2.28. The predicted molar refractivity (Wildman–Crippen MR) is 82.2 cm³/mol. The Morgan fingerprint density at radius 1 is 0.895 bits per heavy atom. The van der Waals surface area contributed by atoms with Gasteiger partial charge in [0.1, 0.15) is 13.0 Å². The van der Waals surface area contributed by atoms with Crippen molar-refractivity contribution in [1.29, 1.82) is 0 Å². The van der Waals surface area contributed by atoms with E-state index in [-0.39, 0.29) is 0 Å². The fraction of sp³-hybridized carbons (Fsp3) is 0.235. The van der Waals surface area contributed by atoms with Crippen LogP contribution < -0.4 is 10.4 Å². The van der Waals surface area contributed by atoms with E-state index in [1.807, 2.05) is 0 Å². The molecule has 0 aliphatic carbocycles. The molecule has 0 atom stereocenters. The lowest BCUT2D eigenvalue weighted by Gasteiger charge is -2.22. The smallest absolute Gasteiger partial charge is 0.211 e. The second kappa shape index (κ2) is 5.23. The van der Waals surface area contributed by atoms with E-state index in [1.54, 1.807) is 0 Å². The van der Waals surface area contributed by atoms with Crippen molar-refractivity contribution in [3.05, 3.63) is 66.4 Å². The molecule has 2 aromatic rings. The highest BCUT2D eigenvalue weighted by Crippen LogP contribution is 2.29. The number of ether oxygens (including phenoxy) is 1. The lowest BCUT2D eigenvalue weighted by molar-refractivity contribution is 0.231. The molecule has 0 unspecified atom stereocenters. The minimum atomic E-state index is -1.87. The third-order valence-corrected chi connectivity index (χ3v) is 8.57. The summed E-state index contributed by atoms with van der Waals surface area (Å²) < 4.78 is 6.01. The van der Waals surface area contributed by atoms with E-state index in [1.165, 1.54) is 16.1 Å². The van der Waals surface area contributed by atoms with Gasteiger partial charge in [0.15, 0.2) is 5.73 Å². The van der Waals surface area contributed by atoms with E-state index in [0.717, 1.165) is 19.4 Å². The molecule has 0 amide bonds. The molecule has 1 fully saturated rings. The summed E-state index contributed by atoms with van der Waals surface area (Å²) in [5.74, 6) is 0. The molecular formula is C17H19OSi+. The SMILES string of the molecule is C[Si](c1ccccc1)(c1ccccc1)[C+]1CCCO1. The second-order valence-electron chi connectivity index (χ2n) is 5.23. The molecule has 1 heterocycles. The summed E-state index contributed by atoms with van der Waals surface area (Å²) in [6, 6.07) is 21.8. The van der Waals surface area contributed by atoms with Crippen LogP contribution in [0, 0.1) is 5.73 Å². The van der Waals surface area contributed by atoms with Gasteiger partial charge in [-0.2, -0.15) is 0 Å². The van der Waals surface area contributed by atoms with E-state index in [9.17, 15) is 0 Å². The highest BCUT2D eigenvalue weighted by molar-refractivity contribution is 7.05. The Morgan fingerprint density at radius 2 is 1.42 bits per heavy atom. The zero-order chi connectivity index (χ0) is 13.1. The fourth-order valence-corrected chi connectivity index (χ4v) is 6.69. The van der Waals surface area contributed by atoms with Gasteiger partial charge in [0.05, 0.1) is 0 Å². The molecule has 1 nitrogen and oxygen atoms in total. The van der Waals surface area contributed by atoms with Gasteiger partial charge in [0.25, 0.3) is 0 Å². The van der Waals surface area contributed by atoms with Crippen molar-refractivity contribution in [2.24, 2.45) is 0 Å². The maximum absolute atomic E-state index is 6.01. The van der Waals surface area contributed by atoms with Gasteiger partial charge in [-0.15, -0.1) is 0 Å². The third kappa shape index (κ3) is 2.22. The summed E-state index contributed by atoms with van der Waals surface area (Å²) in [5.41, 5.74) is 1.34. The number of rotatable bonds is 3. The molecule has 0 bridgehead atoms. The number of benzene rings is 2. The van der Waals surface area contributed by atoms with Gasteiger partial charge in [-0.25, -0.2) is 4.74 Å². The molecule has 0 radical (unpaired) electrons. The highest BCUT2D eigenvalue weighted by Gasteiger charge is 2.55. The average molecular weight is 267 g/mol. The lowest BCUT2D eigenvalue weighted by Crippen LogP contribution is -2.60. The van der Waals surface area contributed by atoms with Crippen molar-refractivity contribution < 1.29 is 4.74 Å². The standard InChI is InChI=1S/C17H19OSi/c1-19(17-13-8-14-18-17,15-9-4-2-5-10-15)16-11-6-3-7-12-16/h2-7,9-12H,8,13-14H2,1H3/q+1. The molecular weight excluding hydrogens is 248 g/mol. The molecule has 96 valence electrons. The van der Waals surface area contributed by atoms with Crippen LogP contribution in [0.4, 0.5) is 0 Å². The van der Waals surface area contributed by atoms with E-state index < -0.39 is 8.07 Å². The minimum absolute atomic E-state index is 0.886. The van der Waals surface area contributed by atoms with E-state index in [4.69, 9.17) is 4.74 Å². The Balaban J connectivity index is 2.10. The number of hydrogen-bond acceptors (Lipinski definition) is 1. The summed E-state index contributed by atoms with van der Waals surface area (Å²) in [5, 5.41) is 2.89. The Labute approximate surface area is 116 Å². The summed E-state index contributed by atoms with van der Waals surface area (Å²) in [7, 11) is -1.87. The molecule has 3 rings (SSSR count). The van der Waals surface area contributed by atoms with Crippen molar-refractivity contribution in [3.8, 4) is 0 Å². The fourth-order valence-electron chi connectivity index (χ4n) is 2.93. The zero-order valence-corrected chi connectivity index (χ0v) is 12.3. The molecule has 0 N–H and O–H groups in total. The Bertz CT molecular complexity index is 478. The Morgan fingerprint density at radius 3 is 1.84 bits per heavy atom. The van der Waals surface area contributed by atoms with Crippen LogP contribution >= 0.6 is 0 Å². The molecule has 0 spiro atoms. The van der Waals surface area contributed by atoms with Crippen LogP contribution in [0.25, 0.3) is 0 Å². The maximum Gasteiger partial charge on any atom is 0.369 e. The third-order valence-electron chi connectivity index (χ3n) is 4.08. The summed E-state index contributed by atoms with van der Waals surface area (Å²) in [6.45, 7) is 3.30. The quantitative estimate of drug-likeness (QED) is 0.614. The monoisotopic (exact) mass is 267 g/mol. The molecule has 0 saturated carbocycles. The van der Waals surface area contributed by atoms with Gasteiger partial charge >= 0.3 is 8.07 Å². The molecule has 19 heavy (non-hydrogen) atoms. The van der Waals surface area contributed by atoms with Gasteiger partial charge in [-0.3, -0.25) is 0 Å². The largest absolute Gasteiger partial charge is 0.369 e. The first-order chi connectivity index (χ1) is 9.32. The van der Waals surface area contributed by atoms with Crippen molar-refractivity contribution in [2.45, 2.75) is 19.4 Å². The van der Waals surface area contributed by atoms with Crippen LogP contribution in [0.1, 0.15) is 12.8 Å². The van der Waals surface area contributed by atoms with E-state index >= 15 is 0 Å². The van der Waals surface area contributed by atoms with Gasteiger partial charge < -0.3 is 0 Å². The molecule has 1 saturated heterocycles. The van der Waals surface area contributed by atoms with Crippen molar-refractivity contribution >= 4 is 18.4 Å². The van der Waals surface area contributed by atoms with Crippen molar-refractivity contribution in [1.82, 2.24) is 0 Å². The van der Waals surface area contributed by atoms with Crippen molar-refractivity contribution in [3.63, 3.8) is 0 Å². The normalized spacial score (nSPS) is 15.7. The van der Waals surface area contributed by atoms with E-state index in [0.29, 0.717) is 0 Å². The molecule has 1 aliphatic rings. The number of hydrogen-bond donors (Lipinski definition) is 0. The van der Waals surface area contributed by atoms with Crippen LogP contribution in [0.5, 0.6) is 0 Å². The minimum Gasteiger partial charge on any atom is -0.211 e. The molecule has 2 heteroatoms. The van der Waals surface area contributed by atoms with Crippen LogP contribution in [-0.4, -0.2) is 14.7 Å². The first-order valence-corrected chi connectivity index (χ1v) is 9.42. The van der Waals surface area contributed by atoms with Crippen LogP contribution in [-0.2, 0) is 4.74 Å². The zero-order valence-electron chi connectivity index (χ0n) is 11.3. The molecule has 2 aromatic carbocycles. The van der Waals surface area contributed by atoms with Crippen LogP contribution in [0.3, 0.4) is 0 Å². The summed E-state index contributed by atoms with van der Waals surface area (Å²) in [4.78, 5) is 0. The molecule has 0 aromatic heterocycles. The van der Waals surface area contributed by atoms with Gasteiger partial charge in [0.2, 0.25) is 0 Å². The van der Waals surface area contributed by atoms with Crippen LogP contribution in [0.15, 0.2) is 60.7 Å². The first kappa shape index (κ1) is 12.5. The first-order valence-electron chi connectivity index (χ1n) is 6.92. The Kier molecular flexibility index (Phi) is 3.45. The predicted octanol–water partition coefficient (Wildman–Crippen LogP) is 2.76. The topological polar surface area (TPSA) is 9.23 Å². The van der Waals surface area contributed by atoms with Gasteiger partial charge in [-0.1, -0.05) is 60.7 Å².